The van der Waals surface area contributed by atoms with E-state index in [1.165, 1.54) is 12.1 Å². The highest BCUT2D eigenvalue weighted by Crippen LogP contribution is 2.24. The molecule has 0 aliphatic carbocycles. The fourth-order valence-electron chi connectivity index (χ4n) is 2.33. The summed E-state index contributed by atoms with van der Waals surface area (Å²) in [6.07, 6.45) is 2.18. The highest BCUT2D eigenvalue weighted by Gasteiger charge is 2.27. The second-order valence-electron chi connectivity index (χ2n) is 5.40. The normalized spacial score (nSPS) is 23.1. The molecule has 1 amide bonds. The molecule has 1 fully saturated rings. The quantitative estimate of drug-likeness (QED) is 0.895. The summed E-state index contributed by atoms with van der Waals surface area (Å²) in [5, 5.41) is 6.16. The van der Waals surface area contributed by atoms with Gasteiger partial charge in [-0.25, -0.2) is 4.39 Å². The van der Waals surface area contributed by atoms with Crippen molar-refractivity contribution in [2.75, 3.05) is 19.6 Å². The van der Waals surface area contributed by atoms with Crippen LogP contribution >= 0.6 is 15.9 Å². The highest BCUT2D eigenvalue weighted by atomic mass is 79.9. The molecule has 19 heavy (non-hydrogen) atoms. The van der Waals surface area contributed by atoms with Gasteiger partial charge in [-0.2, -0.15) is 0 Å². The average molecular weight is 329 g/mol. The molecule has 1 atom stereocenters. The van der Waals surface area contributed by atoms with Gasteiger partial charge in [-0.15, -0.1) is 0 Å². The Morgan fingerprint density at radius 3 is 3.00 bits per heavy atom. The topological polar surface area (TPSA) is 41.1 Å². The summed E-state index contributed by atoms with van der Waals surface area (Å²) in [6.45, 7) is 4.62. The lowest BCUT2D eigenvalue weighted by molar-refractivity contribution is 0.0920. The number of benzene rings is 1. The number of amides is 1. The standard InChI is InChI=1S/C14H18BrFN2O/c1-14(5-2-6-17-8-14)9-18-13(19)11-4-3-10(15)7-12(11)16/h3-4,7,17H,2,5-6,8-9H2,1H3,(H,18,19). The number of piperidine rings is 1. The fourth-order valence-corrected chi connectivity index (χ4v) is 2.67. The molecule has 1 saturated heterocycles. The predicted octanol–water partition coefficient (Wildman–Crippen LogP) is 2.71. The molecule has 2 rings (SSSR count). The lowest BCUT2D eigenvalue weighted by atomic mass is 9.83. The van der Waals surface area contributed by atoms with Gasteiger partial charge in [0.05, 0.1) is 5.56 Å². The van der Waals surface area contributed by atoms with Gasteiger partial charge in [0, 0.05) is 17.6 Å². The molecule has 1 aliphatic heterocycles. The minimum Gasteiger partial charge on any atom is -0.351 e. The Morgan fingerprint density at radius 2 is 2.37 bits per heavy atom. The monoisotopic (exact) mass is 328 g/mol. The van der Waals surface area contributed by atoms with E-state index in [2.05, 4.69) is 33.5 Å². The summed E-state index contributed by atoms with van der Waals surface area (Å²) in [7, 11) is 0. The van der Waals surface area contributed by atoms with Crippen molar-refractivity contribution in [2.45, 2.75) is 19.8 Å². The molecule has 0 aromatic heterocycles. The van der Waals surface area contributed by atoms with Gasteiger partial charge in [0.25, 0.3) is 5.91 Å². The average Bonchev–Trinajstić information content (AvgIpc) is 2.37. The third kappa shape index (κ3) is 3.76. The largest absolute Gasteiger partial charge is 0.351 e. The maximum atomic E-state index is 13.7. The van der Waals surface area contributed by atoms with Crippen LogP contribution < -0.4 is 10.6 Å². The predicted molar refractivity (Wildman–Crippen MR) is 76.6 cm³/mol. The van der Waals surface area contributed by atoms with Crippen LogP contribution in [0.3, 0.4) is 0 Å². The van der Waals surface area contributed by atoms with Gasteiger partial charge in [0.2, 0.25) is 0 Å². The first-order valence-electron chi connectivity index (χ1n) is 6.44. The number of nitrogens with one attached hydrogen (secondary N) is 2. The van der Waals surface area contributed by atoms with Crippen LogP contribution in [-0.2, 0) is 0 Å². The third-order valence-corrected chi connectivity index (χ3v) is 4.03. The first-order chi connectivity index (χ1) is 9.00. The Balaban J connectivity index is 1.97. The molecule has 104 valence electrons. The molecule has 5 heteroatoms. The van der Waals surface area contributed by atoms with Gasteiger partial charge in [0.1, 0.15) is 5.82 Å². The van der Waals surface area contributed by atoms with Gasteiger partial charge in [-0.3, -0.25) is 4.79 Å². The SMILES string of the molecule is CC1(CNC(=O)c2ccc(Br)cc2F)CCCNC1. The van der Waals surface area contributed by atoms with Crippen LogP contribution in [0, 0.1) is 11.2 Å². The number of hydrogen-bond acceptors (Lipinski definition) is 2. The van der Waals surface area contributed by atoms with Crippen LogP contribution in [0.2, 0.25) is 0 Å². The zero-order chi connectivity index (χ0) is 13.9. The third-order valence-electron chi connectivity index (χ3n) is 3.54. The van der Waals surface area contributed by atoms with Gasteiger partial charge >= 0.3 is 0 Å². The number of hydrogen-bond donors (Lipinski definition) is 2. The van der Waals surface area contributed by atoms with Crippen molar-refractivity contribution >= 4 is 21.8 Å². The molecule has 1 aromatic rings. The van der Waals surface area contributed by atoms with Crippen LogP contribution in [0.25, 0.3) is 0 Å². The van der Waals surface area contributed by atoms with E-state index in [1.54, 1.807) is 6.07 Å². The van der Waals surface area contributed by atoms with Crippen LogP contribution in [-0.4, -0.2) is 25.5 Å². The van der Waals surface area contributed by atoms with Crippen molar-refractivity contribution < 1.29 is 9.18 Å². The summed E-state index contributed by atoms with van der Waals surface area (Å²) in [4.78, 5) is 12.0. The summed E-state index contributed by atoms with van der Waals surface area (Å²) in [5.74, 6) is -0.851. The Morgan fingerprint density at radius 1 is 1.58 bits per heavy atom. The molecular formula is C14H18BrFN2O. The Bertz CT molecular complexity index is 473. The van der Waals surface area contributed by atoms with E-state index in [-0.39, 0.29) is 16.9 Å². The van der Waals surface area contributed by atoms with E-state index in [9.17, 15) is 9.18 Å². The minimum atomic E-state index is -0.501. The second kappa shape index (κ2) is 6.01. The van der Waals surface area contributed by atoms with Crippen molar-refractivity contribution in [1.82, 2.24) is 10.6 Å². The Labute approximate surface area is 121 Å². The van der Waals surface area contributed by atoms with Gasteiger partial charge < -0.3 is 10.6 Å². The Hall–Kier alpha value is -0.940. The van der Waals surface area contributed by atoms with E-state index in [0.29, 0.717) is 11.0 Å². The molecule has 2 N–H and O–H groups in total. The second-order valence-corrected chi connectivity index (χ2v) is 6.31. The van der Waals surface area contributed by atoms with Crippen molar-refractivity contribution in [3.63, 3.8) is 0 Å². The highest BCUT2D eigenvalue weighted by molar-refractivity contribution is 9.10. The van der Waals surface area contributed by atoms with Gasteiger partial charge in [-0.05, 0) is 43.0 Å². The zero-order valence-corrected chi connectivity index (χ0v) is 12.5. The fraction of sp³-hybridized carbons (Fsp3) is 0.500. The van der Waals surface area contributed by atoms with E-state index in [0.717, 1.165) is 25.9 Å². The van der Waals surface area contributed by atoms with Crippen LogP contribution in [0.1, 0.15) is 30.1 Å². The van der Waals surface area contributed by atoms with E-state index >= 15 is 0 Å². The molecule has 1 aliphatic rings. The van der Waals surface area contributed by atoms with Crippen molar-refractivity contribution in [3.05, 3.63) is 34.1 Å². The zero-order valence-electron chi connectivity index (χ0n) is 10.9. The number of carbonyl (C=O) groups excluding carboxylic acids is 1. The molecule has 0 radical (unpaired) electrons. The first kappa shape index (κ1) is 14.5. The lowest BCUT2D eigenvalue weighted by Gasteiger charge is -2.34. The van der Waals surface area contributed by atoms with E-state index in [4.69, 9.17) is 0 Å². The van der Waals surface area contributed by atoms with Crippen molar-refractivity contribution in [1.29, 1.82) is 0 Å². The van der Waals surface area contributed by atoms with Crippen LogP contribution in [0.4, 0.5) is 4.39 Å². The summed E-state index contributed by atoms with van der Waals surface area (Å²) in [5.41, 5.74) is 0.148. The molecule has 3 nitrogen and oxygen atoms in total. The smallest absolute Gasteiger partial charge is 0.254 e. The summed E-state index contributed by atoms with van der Waals surface area (Å²) in [6, 6.07) is 4.47. The number of carbonyl (C=O) groups is 1. The molecule has 0 bridgehead atoms. The van der Waals surface area contributed by atoms with Crippen LogP contribution in [0.5, 0.6) is 0 Å². The first-order valence-corrected chi connectivity index (χ1v) is 7.23. The van der Waals surface area contributed by atoms with E-state index in [1.807, 2.05) is 0 Å². The van der Waals surface area contributed by atoms with Crippen molar-refractivity contribution in [2.24, 2.45) is 5.41 Å². The summed E-state index contributed by atoms with van der Waals surface area (Å²) >= 11 is 3.18. The Kier molecular flexibility index (Phi) is 4.58. The van der Waals surface area contributed by atoms with Crippen LogP contribution in [0.15, 0.2) is 22.7 Å². The van der Waals surface area contributed by atoms with Gasteiger partial charge in [0.15, 0.2) is 0 Å². The number of rotatable bonds is 3. The van der Waals surface area contributed by atoms with Crippen molar-refractivity contribution in [3.8, 4) is 0 Å². The van der Waals surface area contributed by atoms with E-state index < -0.39 is 5.82 Å². The molecule has 1 aromatic carbocycles. The molecular weight excluding hydrogens is 311 g/mol. The summed E-state index contributed by atoms with van der Waals surface area (Å²) < 4.78 is 14.3. The molecule has 0 saturated carbocycles. The van der Waals surface area contributed by atoms with Gasteiger partial charge in [-0.1, -0.05) is 22.9 Å². The molecule has 1 unspecified atom stereocenters. The lowest BCUT2D eigenvalue weighted by Crippen LogP contribution is -2.45. The minimum absolute atomic E-state index is 0.0553. The molecule has 0 spiro atoms. The maximum Gasteiger partial charge on any atom is 0.254 e. The maximum absolute atomic E-state index is 13.7. The number of halogens is 2. The molecule has 1 heterocycles.